The van der Waals surface area contributed by atoms with Crippen LogP contribution >= 0.6 is 0 Å². The summed E-state index contributed by atoms with van der Waals surface area (Å²) in [7, 11) is 0. The lowest BCUT2D eigenvalue weighted by molar-refractivity contribution is 0.579. The second-order valence-corrected chi connectivity index (χ2v) is 4.47. The lowest BCUT2D eigenvalue weighted by atomic mass is 10.1. The van der Waals surface area contributed by atoms with Crippen molar-refractivity contribution >= 4 is 5.69 Å². The summed E-state index contributed by atoms with van der Waals surface area (Å²) in [6.07, 6.45) is 1.12. The molecule has 2 unspecified atom stereocenters. The average Bonchev–Trinajstić information content (AvgIpc) is 2.70. The molecule has 16 heavy (non-hydrogen) atoms. The van der Waals surface area contributed by atoms with E-state index in [0.29, 0.717) is 12.0 Å². The van der Waals surface area contributed by atoms with Crippen molar-refractivity contribution in [2.24, 2.45) is 11.7 Å². The molecular formula is C13H17N3. The second kappa shape index (κ2) is 4.54. The Bertz CT molecular complexity index is 408. The van der Waals surface area contributed by atoms with Crippen LogP contribution in [-0.2, 0) is 0 Å². The van der Waals surface area contributed by atoms with Crippen LogP contribution in [0.5, 0.6) is 0 Å². The van der Waals surface area contributed by atoms with Gasteiger partial charge in [-0.3, -0.25) is 0 Å². The van der Waals surface area contributed by atoms with Gasteiger partial charge in [0.1, 0.15) is 6.07 Å². The highest BCUT2D eigenvalue weighted by atomic mass is 15.2. The fraction of sp³-hybridized carbons (Fsp3) is 0.462. The first kappa shape index (κ1) is 11.0. The van der Waals surface area contributed by atoms with E-state index in [1.807, 2.05) is 24.3 Å². The molecule has 1 aliphatic heterocycles. The molecular weight excluding hydrogens is 198 g/mol. The van der Waals surface area contributed by atoms with E-state index in [0.717, 1.165) is 30.8 Å². The Hall–Kier alpha value is -1.53. The molecule has 1 aromatic carbocycles. The number of anilines is 1. The average molecular weight is 215 g/mol. The van der Waals surface area contributed by atoms with Crippen molar-refractivity contribution in [1.82, 2.24) is 0 Å². The molecule has 1 saturated heterocycles. The van der Waals surface area contributed by atoms with Gasteiger partial charge in [-0.2, -0.15) is 5.26 Å². The molecule has 84 valence electrons. The van der Waals surface area contributed by atoms with Crippen LogP contribution < -0.4 is 10.6 Å². The summed E-state index contributed by atoms with van der Waals surface area (Å²) in [5.74, 6) is 0.557. The highest BCUT2D eigenvalue weighted by Crippen LogP contribution is 2.30. The van der Waals surface area contributed by atoms with Crippen LogP contribution in [0.15, 0.2) is 24.3 Å². The monoisotopic (exact) mass is 215 g/mol. The molecule has 1 aromatic rings. The van der Waals surface area contributed by atoms with Crippen LogP contribution in [0, 0.1) is 17.2 Å². The van der Waals surface area contributed by atoms with Crippen molar-refractivity contribution in [3.63, 3.8) is 0 Å². The minimum atomic E-state index is 0.475. The van der Waals surface area contributed by atoms with Gasteiger partial charge in [-0.05, 0) is 37.9 Å². The number of benzene rings is 1. The smallest absolute Gasteiger partial charge is 0.101 e. The van der Waals surface area contributed by atoms with Crippen LogP contribution in [0.2, 0.25) is 0 Å². The van der Waals surface area contributed by atoms with Crippen LogP contribution in [0.25, 0.3) is 0 Å². The number of para-hydroxylation sites is 1. The topological polar surface area (TPSA) is 53.0 Å². The van der Waals surface area contributed by atoms with Gasteiger partial charge >= 0.3 is 0 Å². The Morgan fingerprint density at radius 3 is 2.88 bits per heavy atom. The normalized spacial score (nSPS) is 24.4. The molecule has 1 fully saturated rings. The molecule has 1 aliphatic rings. The number of nitriles is 1. The van der Waals surface area contributed by atoms with Crippen LogP contribution in [0.4, 0.5) is 5.69 Å². The molecule has 0 spiro atoms. The van der Waals surface area contributed by atoms with Gasteiger partial charge in [-0.25, -0.2) is 0 Å². The first-order valence-electron chi connectivity index (χ1n) is 5.72. The highest BCUT2D eigenvalue weighted by Gasteiger charge is 2.29. The first-order chi connectivity index (χ1) is 7.76. The van der Waals surface area contributed by atoms with Crippen molar-refractivity contribution in [2.45, 2.75) is 19.4 Å². The van der Waals surface area contributed by atoms with E-state index < -0.39 is 0 Å². The largest absolute Gasteiger partial charge is 0.367 e. The lowest BCUT2D eigenvalue weighted by Gasteiger charge is -2.24. The lowest BCUT2D eigenvalue weighted by Crippen LogP contribution is -2.28. The van der Waals surface area contributed by atoms with Gasteiger partial charge in [-0.15, -0.1) is 0 Å². The first-order valence-corrected chi connectivity index (χ1v) is 5.72. The predicted molar refractivity (Wildman–Crippen MR) is 65.1 cm³/mol. The number of nitrogens with zero attached hydrogens (tertiary/aromatic N) is 2. The van der Waals surface area contributed by atoms with Gasteiger partial charge in [0.15, 0.2) is 0 Å². The fourth-order valence-corrected chi connectivity index (χ4v) is 2.47. The molecule has 0 saturated carbocycles. The zero-order valence-corrected chi connectivity index (χ0v) is 9.56. The van der Waals surface area contributed by atoms with Crippen LogP contribution in [-0.4, -0.2) is 19.1 Å². The van der Waals surface area contributed by atoms with E-state index >= 15 is 0 Å². The summed E-state index contributed by atoms with van der Waals surface area (Å²) in [6, 6.07) is 10.5. The van der Waals surface area contributed by atoms with Gasteiger partial charge in [0.25, 0.3) is 0 Å². The zero-order valence-electron chi connectivity index (χ0n) is 9.56. The predicted octanol–water partition coefficient (Wildman–Crippen LogP) is 1.73. The van der Waals surface area contributed by atoms with Crippen LogP contribution in [0.3, 0.4) is 0 Å². The minimum absolute atomic E-state index is 0.475. The van der Waals surface area contributed by atoms with Gasteiger partial charge in [-0.1, -0.05) is 12.1 Å². The molecule has 2 rings (SSSR count). The molecule has 2 atom stereocenters. The highest BCUT2D eigenvalue weighted by molar-refractivity contribution is 5.60. The number of hydrogen-bond acceptors (Lipinski definition) is 3. The summed E-state index contributed by atoms with van der Waals surface area (Å²) in [4.78, 5) is 2.30. The van der Waals surface area contributed by atoms with Gasteiger partial charge in [0.05, 0.1) is 11.3 Å². The Balaban J connectivity index is 2.28. The summed E-state index contributed by atoms with van der Waals surface area (Å²) in [5, 5.41) is 9.09. The van der Waals surface area contributed by atoms with Crippen LogP contribution in [0.1, 0.15) is 18.9 Å². The summed E-state index contributed by atoms with van der Waals surface area (Å²) >= 11 is 0. The molecule has 1 heterocycles. The van der Waals surface area contributed by atoms with E-state index in [1.165, 1.54) is 0 Å². The third-order valence-electron chi connectivity index (χ3n) is 3.33. The Morgan fingerprint density at radius 1 is 1.50 bits per heavy atom. The summed E-state index contributed by atoms with van der Waals surface area (Å²) in [6.45, 7) is 3.90. The van der Waals surface area contributed by atoms with Gasteiger partial charge < -0.3 is 10.6 Å². The van der Waals surface area contributed by atoms with E-state index in [-0.39, 0.29) is 0 Å². The third kappa shape index (κ3) is 1.89. The Kier molecular flexibility index (Phi) is 3.12. The van der Waals surface area contributed by atoms with Crippen molar-refractivity contribution in [3.05, 3.63) is 29.8 Å². The SMILES string of the molecule is CC1CC(CN)CN1c1ccccc1C#N. The van der Waals surface area contributed by atoms with E-state index in [4.69, 9.17) is 11.0 Å². The van der Waals surface area contributed by atoms with Crippen molar-refractivity contribution in [3.8, 4) is 6.07 Å². The minimum Gasteiger partial charge on any atom is -0.367 e. The molecule has 2 N–H and O–H groups in total. The maximum atomic E-state index is 9.09. The molecule has 3 heteroatoms. The molecule has 0 aliphatic carbocycles. The number of rotatable bonds is 2. The van der Waals surface area contributed by atoms with E-state index in [1.54, 1.807) is 0 Å². The second-order valence-electron chi connectivity index (χ2n) is 4.47. The maximum Gasteiger partial charge on any atom is 0.101 e. The van der Waals surface area contributed by atoms with Crippen molar-refractivity contribution in [1.29, 1.82) is 5.26 Å². The molecule has 0 bridgehead atoms. The summed E-state index contributed by atoms with van der Waals surface area (Å²) < 4.78 is 0. The Morgan fingerprint density at radius 2 is 2.25 bits per heavy atom. The molecule has 3 nitrogen and oxygen atoms in total. The zero-order chi connectivity index (χ0) is 11.5. The van der Waals surface area contributed by atoms with Gasteiger partial charge in [0, 0.05) is 12.6 Å². The molecule has 0 amide bonds. The standard InChI is InChI=1S/C13H17N3/c1-10-6-11(7-14)9-16(10)13-5-3-2-4-12(13)8-15/h2-5,10-11H,6-7,9,14H2,1H3. The number of nitrogens with two attached hydrogens (primary N) is 1. The van der Waals surface area contributed by atoms with E-state index in [2.05, 4.69) is 17.9 Å². The fourth-order valence-electron chi connectivity index (χ4n) is 2.47. The van der Waals surface area contributed by atoms with E-state index in [9.17, 15) is 0 Å². The molecule has 0 aromatic heterocycles. The maximum absolute atomic E-state index is 9.09. The number of hydrogen-bond donors (Lipinski definition) is 1. The van der Waals surface area contributed by atoms with Crippen molar-refractivity contribution in [2.75, 3.05) is 18.0 Å². The van der Waals surface area contributed by atoms with Gasteiger partial charge in [0.2, 0.25) is 0 Å². The summed E-state index contributed by atoms with van der Waals surface area (Å²) in [5.41, 5.74) is 7.52. The molecule has 0 radical (unpaired) electrons. The Labute approximate surface area is 96.5 Å². The van der Waals surface area contributed by atoms with Crippen molar-refractivity contribution < 1.29 is 0 Å². The third-order valence-corrected chi connectivity index (χ3v) is 3.33. The quantitative estimate of drug-likeness (QED) is 0.817.